The highest BCUT2D eigenvalue weighted by Crippen LogP contribution is 2.39. The molecule has 0 aliphatic heterocycles. The number of ether oxygens (including phenoxy) is 3. The number of aromatic nitrogens is 1. The molecule has 0 saturated carbocycles. The van der Waals surface area contributed by atoms with Crippen LogP contribution in [0.4, 0.5) is 10.5 Å². The van der Waals surface area contributed by atoms with Gasteiger partial charge in [-0.15, -0.1) is 0 Å². The number of pyridine rings is 1. The molecule has 0 bridgehead atoms. The van der Waals surface area contributed by atoms with Crippen molar-refractivity contribution in [1.82, 2.24) is 9.88 Å². The third-order valence-electron chi connectivity index (χ3n) is 5.43. The number of fused-ring (bicyclic) bond motifs is 1. The van der Waals surface area contributed by atoms with Gasteiger partial charge in [0.1, 0.15) is 11.5 Å². The van der Waals surface area contributed by atoms with Crippen molar-refractivity contribution in [3.05, 3.63) is 47.7 Å². The summed E-state index contributed by atoms with van der Waals surface area (Å²) in [7, 11) is 6.99. The number of likely N-dealkylation sites (N-methyl/N-ethyl adjacent to an activating group) is 1. The number of carboxylic acid groups (broad SMARTS) is 1. The summed E-state index contributed by atoms with van der Waals surface area (Å²) >= 11 is 0. The summed E-state index contributed by atoms with van der Waals surface area (Å²) in [6, 6.07) is 9.01. The van der Waals surface area contributed by atoms with Gasteiger partial charge in [0, 0.05) is 30.7 Å². The van der Waals surface area contributed by atoms with Gasteiger partial charge in [-0.1, -0.05) is 0 Å². The van der Waals surface area contributed by atoms with E-state index in [4.69, 9.17) is 14.2 Å². The number of hydrogen-bond acceptors (Lipinski definition) is 6. The molecule has 0 fully saturated rings. The van der Waals surface area contributed by atoms with E-state index >= 15 is 0 Å². The summed E-state index contributed by atoms with van der Waals surface area (Å²) in [5, 5.41) is 10.5. The fourth-order valence-electron chi connectivity index (χ4n) is 3.46. The predicted molar refractivity (Wildman–Crippen MR) is 125 cm³/mol. The lowest BCUT2D eigenvalue weighted by atomic mass is 10.1. The third kappa shape index (κ3) is 4.70. The highest BCUT2D eigenvalue weighted by atomic mass is 16.5. The first-order valence-corrected chi connectivity index (χ1v) is 10.2. The number of rotatable bonds is 8. The van der Waals surface area contributed by atoms with Crippen molar-refractivity contribution in [2.24, 2.45) is 0 Å². The molecule has 0 saturated heterocycles. The van der Waals surface area contributed by atoms with Gasteiger partial charge in [0.2, 0.25) is 0 Å². The Kier molecular flexibility index (Phi) is 7.05. The zero-order valence-corrected chi connectivity index (χ0v) is 19.3. The molecule has 8 nitrogen and oxygen atoms in total. The second kappa shape index (κ2) is 9.74. The molecular formula is C24H29N3O5. The smallest absolute Gasteiger partial charge is 0.411 e. The first kappa shape index (κ1) is 23.1. The van der Waals surface area contributed by atoms with Crippen molar-refractivity contribution in [2.45, 2.75) is 13.8 Å². The molecule has 0 aliphatic rings. The lowest BCUT2D eigenvalue weighted by molar-refractivity contribution is 0.201. The summed E-state index contributed by atoms with van der Waals surface area (Å²) in [5.41, 5.74) is 3.08. The van der Waals surface area contributed by atoms with Gasteiger partial charge in [-0.2, -0.15) is 0 Å². The zero-order chi connectivity index (χ0) is 23.4. The molecule has 0 atom stereocenters. The normalized spacial score (nSPS) is 11.0. The molecule has 0 radical (unpaired) electrons. The maximum Gasteiger partial charge on any atom is 0.411 e. The molecule has 1 heterocycles. The van der Waals surface area contributed by atoms with Crippen molar-refractivity contribution in [1.29, 1.82) is 0 Å². The van der Waals surface area contributed by atoms with E-state index in [-0.39, 0.29) is 0 Å². The molecule has 8 heteroatoms. The molecular weight excluding hydrogens is 410 g/mol. The average Bonchev–Trinajstić information content (AvgIpc) is 2.77. The Balaban J connectivity index is 1.99. The van der Waals surface area contributed by atoms with Gasteiger partial charge in [-0.3, -0.25) is 9.88 Å². The largest absolute Gasteiger partial charge is 0.493 e. The topological polar surface area (TPSA) is 84.4 Å². The van der Waals surface area contributed by atoms with Gasteiger partial charge in [0.05, 0.1) is 25.4 Å². The Morgan fingerprint density at radius 2 is 1.62 bits per heavy atom. The minimum Gasteiger partial charge on any atom is -0.493 e. The van der Waals surface area contributed by atoms with Crippen molar-refractivity contribution in [3.63, 3.8) is 0 Å². The molecule has 0 spiro atoms. The maximum absolute atomic E-state index is 11.9. The van der Waals surface area contributed by atoms with E-state index in [0.29, 0.717) is 47.3 Å². The van der Waals surface area contributed by atoms with Crippen molar-refractivity contribution >= 4 is 22.7 Å². The third-order valence-corrected chi connectivity index (χ3v) is 5.43. The quantitative estimate of drug-likeness (QED) is 0.544. The van der Waals surface area contributed by atoms with Crippen LogP contribution in [-0.4, -0.2) is 62.5 Å². The number of anilines is 1. The van der Waals surface area contributed by atoms with Crippen LogP contribution in [0.5, 0.6) is 23.0 Å². The van der Waals surface area contributed by atoms with Crippen LogP contribution in [-0.2, 0) is 0 Å². The zero-order valence-electron chi connectivity index (χ0n) is 19.3. The molecule has 170 valence electrons. The van der Waals surface area contributed by atoms with Crippen molar-refractivity contribution < 1.29 is 24.1 Å². The van der Waals surface area contributed by atoms with Crippen LogP contribution in [0.25, 0.3) is 10.9 Å². The van der Waals surface area contributed by atoms with Gasteiger partial charge < -0.3 is 24.2 Å². The summed E-state index contributed by atoms with van der Waals surface area (Å²) in [6.45, 7) is 4.82. The first-order valence-electron chi connectivity index (χ1n) is 10.2. The summed E-state index contributed by atoms with van der Waals surface area (Å²) in [5.74, 6) is 2.44. The number of methoxy groups -OCH3 is 2. The molecule has 0 unspecified atom stereocenters. The Hall–Kier alpha value is -3.52. The number of benzene rings is 2. The average molecular weight is 440 g/mol. The Labute approximate surface area is 187 Å². The monoisotopic (exact) mass is 439 g/mol. The van der Waals surface area contributed by atoms with Gasteiger partial charge >= 0.3 is 6.09 Å². The Morgan fingerprint density at radius 1 is 0.938 bits per heavy atom. The molecule has 32 heavy (non-hydrogen) atoms. The van der Waals surface area contributed by atoms with E-state index in [1.165, 1.54) is 4.90 Å². The van der Waals surface area contributed by atoms with Crippen LogP contribution in [0.15, 0.2) is 36.5 Å². The fraction of sp³-hybridized carbons (Fsp3) is 0.333. The van der Waals surface area contributed by atoms with Crippen molar-refractivity contribution in [3.8, 4) is 23.0 Å². The van der Waals surface area contributed by atoms with E-state index in [0.717, 1.165) is 16.5 Å². The minimum absolute atomic E-state index is 0.374. The summed E-state index contributed by atoms with van der Waals surface area (Å²) in [4.78, 5) is 19.6. The fourth-order valence-corrected chi connectivity index (χ4v) is 3.46. The van der Waals surface area contributed by atoms with Gasteiger partial charge in [-0.05, 0) is 63.3 Å². The van der Waals surface area contributed by atoms with E-state index in [1.54, 1.807) is 44.7 Å². The maximum atomic E-state index is 11.9. The molecule has 1 N–H and O–H groups in total. The summed E-state index contributed by atoms with van der Waals surface area (Å²) in [6.07, 6.45) is 0.692. The van der Waals surface area contributed by atoms with Crippen molar-refractivity contribution in [2.75, 3.05) is 46.3 Å². The number of amides is 1. The molecule has 2 aromatic carbocycles. The SMILES string of the molecule is COc1cc2nccc(Oc3ccc(N(CCN(C)C)C(=O)O)c(C)c3C)c2cc1OC. The molecule has 0 aliphatic carbocycles. The standard InChI is InChI=1S/C24H29N3O5/c1-15-16(2)20(8-7-19(15)27(24(28)29)12-11-26(3)4)32-21-9-10-25-18-14-23(31-6)22(30-5)13-17(18)21/h7-10,13-14H,11-12H2,1-6H3,(H,28,29). The van der Waals surface area contributed by atoms with Gasteiger partial charge in [0.25, 0.3) is 0 Å². The van der Waals surface area contributed by atoms with Gasteiger partial charge in [-0.25, -0.2) is 4.79 Å². The van der Waals surface area contributed by atoms with Crippen LogP contribution in [0.3, 0.4) is 0 Å². The first-order chi connectivity index (χ1) is 15.3. The van der Waals surface area contributed by atoms with Gasteiger partial charge in [0.15, 0.2) is 11.5 Å². The van der Waals surface area contributed by atoms with E-state index < -0.39 is 6.09 Å². The molecule has 3 aromatic rings. The second-order valence-electron chi connectivity index (χ2n) is 7.71. The lowest BCUT2D eigenvalue weighted by Gasteiger charge is -2.24. The highest BCUT2D eigenvalue weighted by Gasteiger charge is 2.20. The van der Waals surface area contributed by atoms with Crippen LogP contribution < -0.4 is 19.1 Å². The van der Waals surface area contributed by atoms with E-state index in [1.807, 2.05) is 38.9 Å². The lowest BCUT2D eigenvalue weighted by Crippen LogP contribution is -2.36. The minimum atomic E-state index is -0.982. The second-order valence-corrected chi connectivity index (χ2v) is 7.71. The van der Waals surface area contributed by atoms with E-state index in [2.05, 4.69) is 4.98 Å². The molecule has 3 rings (SSSR count). The summed E-state index contributed by atoms with van der Waals surface area (Å²) < 4.78 is 17.0. The highest BCUT2D eigenvalue weighted by molar-refractivity contribution is 5.89. The Bertz CT molecular complexity index is 1130. The number of hydrogen-bond donors (Lipinski definition) is 1. The van der Waals surface area contributed by atoms with Crippen LogP contribution in [0.1, 0.15) is 11.1 Å². The van der Waals surface area contributed by atoms with E-state index in [9.17, 15) is 9.90 Å². The molecule has 1 amide bonds. The van der Waals surface area contributed by atoms with Crippen LogP contribution >= 0.6 is 0 Å². The number of nitrogens with zero attached hydrogens (tertiary/aromatic N) is 3. The molecule has 1 aromatic heterocycles. The predicted octanol–water partition coefficient (Wildman–Crippen LogP) is 4.71. The number of carbonyl (C=O) groups is 1. The van der Waals surface area contributed by atoms with Crippen LogP contribution in [0, 0.1) is 13.8 Å². The Morgan fingerprint density at radius 3 is 2.25 bits per heavy atom. The van der Waals surface area contributed by atoms with Crippen LogP contribution in [0.2, 0.25) is 0 Å².